The van der Waals surface area contributed by atoms with E-state index in [1.807, 2.05) is 0 Å². The molecule has 38 heavy (non-hydrogen) atoms. The van der Waals surface area contributed by atoms with Crippen LogP contribution in [0.3, 0.4) is 0 Å². The average Bonchev–Trinajstić information content (AvgIpc) is 3.01. The first-order valence-corrected chi connectivity index (χ1v) is 13.1. The van der Waals surface area contributed by atoms with Crippen LogP contribution in [0.15, 0.2) is 11.6 Å². The van der Waals surface area contributed by atoms with Gasteiger partial charge in [-0.05, 0) is 32.8 Å². The standard InChI is InChI=1S/C26H37ClO11/c1-12-23(32)38-20-9-16(11-27)7-8-18(35-13(2)28)24(5)19(36-14(3)29)10-17(31)25(6,33)21(24)22(26(12,20)34)37-15(4)30/h9,12,17-22,31,33-34H,7-8,10-11H2,1-6H3/b16-9-/t12-,17+,18-,19-,20-,21+,22-,24-,25+,26-/m0/s1. The van der Waals surface area contributed by atoms with Crippen LogP contribution in [0.2, 0.25) is 0 Å². The van der Waals surface area contributed by atoms with E-state index < -0.39 is 82.8 Å². The van der Waals surface area contributed by atoms with Gasteiger partial charge < -0.3 is 34.3 Å². The summed E-state index contributed by atoms with van der Waals surface area (Å²) in [5.41, 5.74) is -5.32. The summed E-state index contributed by atoms with van der Waals surface area (Å²) in [5, 5.41) is 35.2. The lowest BCUT2D eigenvalue weighted by Gasteiger charge is -2.60. The maximum Gasteiger partial charge on any atom is 0.312 e. The van der Waals surface area contributed by atoms with Gasteiger partial charge in [-0.15, -0.1) is 11.6 Å². The van der Waals surface area contributed by atoms with Crippen LogP contribution in [-0.2, 0) is 38.1 Å². The zero-order valence-electron chi connectivity index (χ0n) is 22.4. The first kappa shape index (κ1) is 30.3. The molecule has 1 heterocycles. The minimum atomic E-state index is -2.24. The molecule has 2 fully saturated rings. The lowest BCUT2D eigenvalue weighted by Crippen LogP contribution is -2.74. The SMILES string of the molecule is CC(=O)O[C@H]1CC/C(CCl)=C/[C@@H]2OC(=O)[C@H](C)[C@@]2(O)[C@@H](OC(C)=O)[C@H]2[C@](C)(O)[C@H](O)C[C@H](OC(C)=O)[C@]12C. The summed E-state index contributed by atoms with van der Waals surface area (Å²) in [4.78, 5) is 49.8. The van der Waals surface area contributed by atoms with Crippen molar-refractivity contribution in [2.45, 2.75) is 103 Å². The topological polar surface area (TPSA) is 166 Å². The number of carbonyl (C=O) groups excluding carboxylic acids is 4. The van der Waals surface area contributed by atoms with Crippen LogP contribution in [0.25, 0.3) is 0 Å². The van der Waals surface area contributed by atoms with E-state index in [1.54, 1.807) is 6.92 Å². The Morgan fingerprint density at radius 1 is 1.05 bits per heavy atom. The Balaban J connectivity index is 2.43. The van der Waals surface area contributed by atoms with E-state index in [-0.39, 0.29) is 25.1 Å². The molecular formula is C26H37ClO11. The summed E-state index contributed by atoms with van der Waals surface area (Å²) in [7, 11) is 0. The van der Waals surface area contributed by atoms with Gasteiger partial charge in [0.15, 0.2) is 11.7 Å². The summed E-state index contributed by atoms with van der Waals surface area (Å²) in [6.07, 6.45) is -5.14. The first-order chi connectivity index (χ1) is 17.5. The van der Waals surface area contributed by atoms with E-state index in [9.17, 15) is 34.5 Å². The van der Waals surface area contributed by atoms with Gasteiger partial charge in [0, 0.05) is 39.0 Å². The number of hydrogen-bond donors (Lipinski definition) is 3. The van der Waals surface area contributed by atoms with Gasteiger partial charge in [-0.3, -0.25) is 19.2 Å². The zero-order chi connectivity index (χ0) is 28.8. The van der Waals surface area contributed by atoms with E-state index in [1.165, 1.54) is 33.8 Å². The van der Waals surface area contributed by atoms with E-state index in [0.717, 1.165) is 6.92 Å². The largest absolute Gasteiger partial charge is 0.462 e. The Morgan fingerprint density at radius 2 is 1.61 bits per heavy atom. The van der Waals surface area contributed by atoms with Crippen LogP contribution in [-0.4, -0.2) is 86.8 Å². The predicted octanol–water partition coefficient (Wildman–Crippen LogP) is 1.17. The lowest BCUT2D eigenvalue weighted by molar-refractivity contribution is -0.289. The molecule has 3 rings (SSSR count). The maximum atomic E-state index is 12.8. The molecule has 0 aromatic carbocycles. The molecule has 12 heteroatoms. The number of fused-ring (bicyclic) bond motifs is 2. The molecule has 2 aliphatic carbocycles. The third-order valence-electron chi connectivity index (χ3n) is 8.50. The molecule has 214 valence electrons. The van der Waals surface area contributed by atoms with Crippen molar-refractivity contribution in [2.24, 2.45) is 17.3 Å². The summed E-state index contributed by atoms with van der Waals surface area (Å²) < 4.78 is 22.6. The quantitative estimate of drug-likeness (QED) is 0.195. The molecule has 0 radical (unpaired) electrons. The highest BCUT2D eigenvalue weighted by Crippen LogP contribution is 2.57. The van der Waals surface area contributed by atoms with E-state index >= 15 is 0 Å². The van der Waals surface area contributed by atoms with Crippen LogP contribution in [0.5, 0.6) is 0 Å². The number of hydrogen-bond acceptors (Lipinski definition) is 11. The number of aliphatic hydroxyl groups excluding tert-OH is 1. The van der Waals surface area contributed by atoms with Gasteiger partial charge in [0.2, 0.25) is 0 Å². The fraction of sp³-hybridized carbons (Fsp3) is 0.769. The molecule has 0 aromatic rings. The number of allylic oxidation sites excluding steroid dienone is 1. The Bertz CT molecular complexity index is 1010. The van der Waals surface area contributed by atoms with Crippen molar-refractivity contribution in [2.75, 3.05) is 5.88 Å². The number of halogens is 1. The van der Waals surface area contributed by atoms with Gasteiger partial charge >= 0.3 is 23.9 Å². The van der Waals surface area contributed by atoms with Crippen LogP contribution >= 0.6 is 11.6 Å². The summed E-state index contributed by atoms with van der Waals surface area (Å²) in [6.45, 7) is 7.76. The van der Waals surface area contributed by atoms with Crippen molar-refractivity contribution in [1.29, 1.82) is 0 Å². The highest BCUT2D eigenvalue weighted by molar-refractivity contribution is 6.19. The van der Waals surface area contributed by atoms with Crippen molar-refractivity contribution in [3.8, 4) is 0 Å². The Hall–Kier alpha value is -2.21. The molecule has 0 unspecified atom stereocenters. The van der Waals surface area contributed by atoms with Crippen LogP contribution < -0.4 is 0 Å². The van der Waals surface area contributed by atoms with E-state index in [0.29, 0.717) is 5.57 Å². The van der Waals surface area contributed by atoms with Crippen LogP contribution in [0.4, 0.5) is 0 Å². The number of rotatable bonds is 4. The first-order valence-electron chi connectivity index (χ1n) is 12.6. The Kier molecular flexibility index (Phi) is 8.58. The number of esters is 4. The lowest BCUT2D eigenvalue weighted by atomic mass is 9.51. The number of aliphatic hydroxyl groups is 3. The fourth-order valence-corrected chi connectivity index (χ4v) is 6.73. The molecular weight excluding hydrogens is 524 g/mol. The van der Waals surface area contributed by atoms with E-state index in [4.69, 9.17) is 30.5 Å². The van der Waals surface area contributed by atoms with Gasteiger partial charge in [-0.2, -0.15) is 0 Å². The molecule has 1 aliphatic heterocycles. The molecule has 3 aliphatic rings. The monoisotopic (exact) mass is 560 g/mol. The van der Waals surface area contributed by atoms with Crippen molar-refractivity contribution >= 4 is 35.5 Å². The van der Waals surface area contributed by atoms with Crippen molar-refractivity contribution in [3.63, 3.8) is 0 Å². The molecule has 10 atom stereocenters. The van der Waals surface area contributed by atoms with Crippen molar-refractivity contribution in [1.82, 2.24) is 0 Å². The van der Waals surface area contributed by atoms with Crippen molar-refractivity contribution < 1.29 is 53.4 Å². The van der Waals surface area contributed by atoms with Gasteiger partial charge in [0.25, 0.3) is 0 Å². The molecule has 0 amide bonds. The molecule has 0 spiro atoms. The van der Waals surface area contributed by atoms with Gasteiger partial charge in [0.05, 0.1) is 23.0 Å². The summed E-state index contributed by atoms with van der Waals surface area (Å²) in [5.74, 6) is -5.66. The molecule has 0 aromatic heterocycles. The summed E-state index contributed by atoms with van der Waals surface area (Å²) in [6, 6.07) is 0. The molecule has 1 saturated heterocycles. The van der Waals surface area contributed by atoms with Gasteiger partial charge in [-0.25, -0.2) is 0 Å². The third-order valence-corrected chi connectivity index (χ3v) is 8.84. The molecule has 3 N–H and O–H groups in total. The number of carbonyl (C=O) groups is 4. The third kappa shape index (κ3) is 5.05. The second-order valence-corrected chi connectivity index (χ2v) is 11.3. The maximum absolute atomic E-state index is 12.8. The van der Waals surface area contributed by atoms with Crippen molar-refractivity contribution in [3.05, 3.63) is 11.6 Å². The average molecular weight is 561 g/mol. The predicted molar refractivity (Wildman–Crippen MR) is 132 cm³/mol. The van der Waals surface area contributed by atoms with Gasteiger partial charge in [0.1, 0.15) is 18.3 Å². The van der Waals surface area contributed by atoms with Gasteiger partial charge in [-0.1, -0.05) is 12.5 Å². The number of ether oxygens (including phenoxy) is 4. The zero-order valence-corrected chi connectivity index (χ0v) is 23.2. The Morgan fingerprint density at radius 3 is 2.13 bits per heavy atom. The number of alkyl halides is 1. The fourth-order valence-electron chi connectivity index (χ4n) is 6.51. The minimum Gasteiger partial charge on any atom is -0.462 e. The van der Waals surface area contributed by atoms with Crippen LogP contribution in [0, 0.1) is 17.3 Å². The normalized spacial score (nSPS) is 44.4. The van der Waals surface area contributed by atoms with Crippen LogP contribution in [0.1, 0.15) is 60.8 Å². The molecule has 0 bridgehead atoms. The minimum absolute atomic E-state index is 0.00647. The highest BCUT2D eigenvalue weighted by Gasteiger charge is 2.72. The second-order valence-electron chi connectivity index (χ2n) is 11.0. The summed E-state index contributed by atoms with van der Waals surface area (Å²) >= 11 is 6.19. The molecule has 1 saturated carbocycles. The molecule has 11 nitrogen and oxygen atoms in total. The second kappa shape index (κ2) is 10.7. The van der Waals surface area contributed by atoms with E-state index in [2.05, 4.69) is 0 Å². The Labute approximate surface area is 226 Å². The highest BCUT2D eigenvalue weighted by atomic mass is 35.5. The smallest absolute Gasteiger partial charge is 0.312 e.